The number of alkyl halides is 3. The van der Waals surface area contributed by atoms with Gasteiger partial charge in [-0.3, -0.25) is 5.10 Å². The Morgan fingerprint density at radius 1 is 1.29 bits per heavy atom. The summed E-state index contributed by atoms with van der Waals surface area (Å²) in [7, 11) is 0. The third-order valence-electron chi connectivity index (χ3n) is 3.89. The van der Waals surface area contributed by atoms with E-state index < -0.39 is 18.3 Å². The molecule has 5 nitrogen and oxygen atoms in total. The Kier molecular flexibility index (Phi) is 5.65. The van der Waals surface area contributed by atoms with Crippen molar-refractivity contribution in [2.24, 2.45) is 0 Å². The molecule has 1 aromatic carbocycles. The van der Waals surface area contributed by atoms with Crippen molar-refractivity contribution >= 4 is 52.3 Å². The van der Waals surface area contributed by atoms with Gasteiger partial charge in [-0.1, -0.05) is 35.4 Å². The zero-order valence-electron chi connectivity index (χ0n) is 13.8. The molecular weight excluding hydrogens is 434 g/mol. The van der Waals surface area contributed by atoms with Gasteiger partial charge in [-0.25, -0.2) is 0 Å². The Labute approximate surface area is 173 Å². The van der Waals surface area contributed by atoms with Crippen molar-refractivity contribution in [1.29, 1.82) is 5.26 Å². The monoisotopic (exact) mass is 443 g/mol. The number of H-pyrrole nitrogens is 1. The number of nitrogens with zero attached hydrogens (tertiary/aromatic N) is 3. The second kappa shape index (κ2) is 7.83. The summed E-state index contributed by atoms with van der Waals surface area (Å²) in [5, 5.41) is 20.1. The molecule has 0 saturated carbocycles. The summed E-state index contributed by atoms with van der Waals surface area (Å²) >= 11 is 16.9. The number of benzene rings is 1. The van der Waals surface area contributed by atoms with E-state index in [2.05, 4.69) is 15.5 Å². The molecule has 0 atom stereocenters. The van der Waals surface area contributed by atoms with E-state index in [1.54, 1.807) is 24.3 Å². The first-order valence-electron chi connectivity index (χ1n) is 7.66. The van der Waals surface area contributed by atoms with E-state index in [1.165, 1.54) is 10.3 Å². The van der Waals surface area contributed by atoms with Crippen LogP contribution in [0.3, 0.4) is 0 Å². The van der Waals surface area contributed by atoms with Gasteiger partial charge in [0, 0.05) is 16.1 Å². The van der Waals surface area contributed by atoms with E-state index in [9.17, 15) is 18.4 Å². The molecule has 1 aromatic heterocycles. The molecule has 2 aromatic rings. The number of nitriles is 1. The molecule has 0 radical (unpaired) electrons. The Morgan fingerprint density at radius 3 is 2.54 bits per heavy atom. The number of nitrogens with one attached hydrogen (secondary N) is 2. The number of aromatic amines is 1. The summed E-state index contributed by atoms with van der Waals surface area (Å²) in [6.45, 7) is -0.486. The molecule has 1 aliphatic rings. The van der Waals surface area contributed by atoms with Crippen LogP contribution in [0.25, 0.3) is 0 Å². The first-order chi connectivity index (χ1) is 13.2. The maximum atomic E-state index is 13.3. The lowest BCUT2D eigenvalue weighted by molar-refractivity contribution is -0.0924. The highest BCUT2D eigenvalue weighted by atomic mass is 35.5. The van der Waals surface area contributed by atoms with Gasteiger partial charge in [-0.05, 0) is 30.3 Å². The molecule has 3 rings (SSSR count). The second-order valence-electron chi connectivity index (χ2n) is 5.64. The Morgan fingerprint density at radius 2 is 1.96 bits per heavy atom. The fourth-order valence-electron chi connectivity index (χ4n) is 2.55. The molecule has 0 aliphatic carbocycles. The molecule has 28 heavy (non-hydrogen) atoms. The minimum absolute atomic E-state index is 0.119. The Bertz CT molecular complexity index is 1020. The molecule has 0 spiro atoms. The van der Waals surface area contributed by atoms with E-state index in [0.717, 1.165) is 6.08 Å². The fourth-order valence-corrected chi connectivity index (χ4v) is 3.13. The van der Waals surface area contributed by atoms with Crippen LogP contribution in [0.2, 0.25) is 5.02 Å². The van der Waals surface area contributed by atoms with Gasteiger partial charge in [-0.2, -0.15) is 23.5 Å². The van der Waals surface area contributed by atoms with Gasteiger partial charge in [0.2, 0.25) is 0 Å². The first-order valence-corrected chi connectivity index (χ1v) is 8.88. The molecule has 0 saturated heterocycles. The van der Waals surface area contributed by atoms with Crippen LogP contribution in [0, 0.1) is 11.3 Å². The van der Waals surface area contributed by atoms with Gasteiger partial charge in [-0.15, -0.1) is 0 Å². The SMILES string of the molecule is N#Cc1c(C=S)n[nH]c1NC1=C(Cl)C=C(C(F)(F)F)CN1c1ccc(Cl)cc1. The van der Waals surface area contributed by atoms with Gasteiger partial charge < -0.3 is 10.2 Å². The highest BCUT2D eigenvalue weighted by molar-refractivity contribution is 7.79. The highest BCUT2D eigenvalue weighted by Crippen LogP contribution is 2.37. The van der Waals surface area contributed by atoms with Crippen LogP contribution in [-0.4, -0.2) is 28.3 Å². The number of anilines is 2. The predicted octanol–water partition coefficient (Wildman–Crippen LogP) is 5.11. The largest absolute Gasteiger partial charge is 0.414 e. The third-order valence-corrected chi connectivity index (χ3v) is 4.65. The van der Waals surface area contributed by atoms with Crippen LogP contribution in [0.5, 0.6) is 0 Å². The van der Waals surface area contributed by atoms with Crippen molar-refractivity contribution in [1.82, 2.24) is 10.2 Å². The number of allylic oxidation sites excluding steroid dienone is 2. The molecule has 1 aliphatic heterocycles. The summed E-state index contributed by atoms with van der Waals surface area (Å²) in [5.74, 6) is 0.308. The second-order valence-corrected chi connectivity index (χ2v) is 6.72. The normalized spacial score (nSPS) is 14.6. The van der Waals surface area contributed by atoms with Crippen molar-refractivity contribution in [3.05, 3.63) is 63.0 Å². The summed E-state index contributed by atoms with van der Waals surface area (Å²) in [4.78, 5) is 1.33. The Hall–Kier alpha value is -2.54. The van der Waals surface area contributed by atoms with Gasteiger partial charge in [0.25, 0.3) is 0 Å². The molecular formula is C17H10Cl2F3N5S. The zero-order chi connectivity index (χ0) is 20.5. The van der Waals surface area contributed by atoms with Crippen molar-refractivity contribution in [3.8, 4) is 6.07 Å². The average molecular weight is 444 g/mol. The number of thiocarbonyl (C=S) groups is 1. The van der Waals surface area contributed by atoms with Crippen LogP contribution in [0.1, 0.15) is 11.3 Å². The van der Waals surface area contributed by atoms with E-state index in [0.29, 0.717) is 10.7 Å². The lowest BCUT2D eigenvalue weighted by atomic mass is 10.1. The molecule has 144 valence electrons. The number of halogens is 5. The minimum Gasteiger partial charge on any atom is -0.324 e. The third kappa shape index (κ3) is 3.99. The van der Waals surface area contributed by atoms with Gasteiger partial charge in [0.1, 0.15) is 29.0 Å². The predicted molar refractivity (Wildman–Crippen MR) is 105 cm³/mol. The van der Waals surface area contributed by atoms with Crippen LogP contribution < -0.4 is 10.2 Å². The van der Waals surface area contributed by atoms with E-state index in [1.807, 2.05) is 6.07 Å². The fraction of sp³-hybridized carbons (Fsp3) is 0.118. The number of hydrogen-bond acceptors (Lipinski definition) is 5. The molecule has 0 fully saturated rings. The molecule has 0 bridgehead atoms. The van der Waals surface area contributed by atoms with E-state index in [-0.39, 0.29) is 27.9 Å². The number of hydrogen-bond donors (Lipinski definition) is 2. The number of aromatic nitrogens is 2. The molecule has 11 heteroatoms. The van der Waals surface area contributed by atoms with Crippen molar-refractivity contribution in [2.45, 2.75) is 6.18 Å². The van der Waals surface area contributed by atoms with Crippen LogP contribution >= 0.6 is 35.4 Å². The van der Waals surface area contributed by atoms with E-state index in [4.69, 9.17) is 35.4 Å². The summed E-state index contributed by atoms with van der Waals surface area (Å²) in [6, 6.07) is 8.17. The molecule has 0 amide bonds. The summed E-state index contributed by atoms with van der Waals surface area (Å²) in [5.41, 5.74) is -0.0404. The van der Waals surface area contributed by atoms with Crippen LogP contribution in [0.4, 0.5) is 24.7 Å². The lowest BCUT2D eigenvalue weighted by Gasteiger charge is -2.33. The highest BCUT2D eigenvalue weighted by Gasteiger charge is 2.38. The molecule has 2 N–H and O–H groups in total. The first kappa shape index (κ1) is 20.2. The summed E-state index contributed by atoms with van der Waals surface area (Å²) in [6.07, 6.45) is -3.70. The van der Waals surface area contributed by atoms with Gasteiger partial charge >= 0.3 is 6.18 Å². The maximum absolute atomic E-state index is 13.3. The van der Waals surface area contributed by atoms with Crippen molar-refractivity contribution in [3.63, 3.8) is 0 Å². The van der Waals surface area contributed by atoms with Crippen molar-refractivity contribution < 1.29 is 13.2 Å². The van der Waals surface area contributed by atoms with Crippen LogP contribution in [0.15, 0.2) is 46.8 Å². The number of rotatable bonds is 4. The zero-order valence-corrected chi connectivity index (χ0v) is 16.1. The quantitative estimate of drug-likeness (QED) is 0.642. The smallest absolute Gasteiger partial charge is 0.324 e. The minimum atomic E-state index is -4.55. The van der Waals surface area contributed by atoms with Crippen LogP contribution in [-0.2, 0) is 0 Å². The molecule has 0 unspecified atom stereocenters. The summed E-state index contributed by atoms with van der Waals surface area (Å²) < 4.78 is 39.9. The Balaban J connectivity index is 2.09. The standard InChI is InChI=1S/C17H10Cl2F3N5S/c18-10-1-3-11(4-2-10)27-7-9(17(20,21)22)5-13(19)16(27)24-15-12(6-23)14(8-28)25-26-15/h1-5,8H,7H2,(H2,24,25,26). The maximum Gasteiger partial charge on any atom is 0.414 e. The average Bonchev–Trinajstić information content (AvgIpc) is 3.04. The molecule has 2 heterocycles. The van der Waals surface area contributed by atoms with Gasteiger partial charge in [0.15, 0.2) is 0 Å². The van der Waals surface area contributed by atoms with E-state index >= 15 is 0 Å². The lowest BCUT2D eigenvalue weighted by Crippen LogP contribution is -2.36. The topological polar surface area (TPSA) is 67.7 Å². The van der Waals surface area contributed by atoms with Gasteiger partial charge in [0.05, 0.1) is 17.2 Å². The van der Waals surface area contributed by atoms with Crippen molar-refractivity contribution in [2.75, 3.05) is 16.8 Å².